The van der Waals surface area contributed by atoms with Crippen LogP contribution in [0, 0.1) is 0 Å². The molecule has 0 amide bonds. The Morgan fingerprint density at radius 3 is 0.923 bits per heavy atom. The Bertz CT molecular complexity index is 2040. The lowest BCUT2D eigenvalue weighted by Gasteiger charge is -2.29. The molecule has 0 saturated heterocycles. The van der Waals surface area contributed by atoms with Gasteiger partial charge in [-0.3, -0.25) is 9.97 Å². The molecule has 0 aliphatic heterocycles. The Morgan fingerprint density at radius 2 is 0.673 bits per heavy atom. The highest BCUT2D eigenvalue weighted by Crippen LogP contribution is 2.42. The van der Waals surface area contributed by atoms with E-state index in [0.717, 1.165) is 0 Å². The summed E-state index contributed by atoms with van der Waals surface area (Å²) in [6, 6.07) is 30.9. The highest BCUT2D eigenvalue weighted by molar-refractivity contribution is 6.05. The van der Waals surface area contributed by atoms with Crippen molar-refractivity contribution >= 4 is 69.0 Å². The van der Waals surface area contributed by atoms with Gasteiger partial charge in [0.1, 0.15) is 0 Å². The van der Waals surface area contributed by atoms with Gasteiger partial charge < -0.3 is 28.7 Å². The summed E-state index contributed by atoms with van der Waals surface area (Å²) in [4.78, 5) is 64.8. The molecule has 0 N–H and O–H groups in total. The van der Waals surface area contributed by atoms with E-state index in [1.807, 2.05) is 0 Å². The number of pyridine rings is 2. The average Bonchev–Trinajstić information content (AvgIpc) is 3.20. The van der Waals surface area contributed by atoms with Crippen LogP contribution in [0.3, 0.4) is 0 Å². The number of aromatic nitrogens is 2. The maximum Gasteiger partial charge on any atom is 0.339 e. The van der Waals surface area contributed by atoms with Crippen LogP contribution in [-0.2, 0) is 18.9 Å². The lowest BCUT2D eigenvalue weighted by molar-refractivity contribution is 0.0591. The molecule has 6 aromatic rings. The summed E-state index contributed by atoms with van der Waals surface area (Å²) < 4.78 is 20.4. The van der Waals surface area contributed by atoms with Crippen molar-refractivity contribution in [3.63, 3.8) is 0 Å². The van der Waals surface area contributed by atoms with Gasteiger partial charge in [0.25, 0.3) is 0 Å². The number of anilines is 6. The van der Waals surface area contributed by atoms with Crippen molar-refractivity contribution in [3.8, 4) is 0 Å². The summed E-state index contributed by atoms with van der Waals surface area (Å²) in [7, 11) is 5.17. The Morgan fingerprint density at radius 1 is 0.423 bits per heavy atom. The van der Waals surface area contributed by atoms with Crippen molar-refractivity contribution in [3.05, 3.63) is 144 Å². The lowest BCUT2D eigenvalue weighted by Crippen LogP contribution is -2.19. The summed E-state index contributed by atoms with van der Waals surface area (Å²) in [5, 5.41) is 0. The topological polar surface area (TPSA) is 137 Å². The molecule has 0 fully saturated rings. The summed E-state index contributed by atoms with van der Waals surface area (Å²) in [5.74, 6) is -2.31. The largest absolute Gasteiger partial charge is 0.465 e. The minimum absolute atomic E-state index is 0.247. The maximum atomic E-state index is 13.0. The molecule has 0 radical (unpaired) electrons. The summed E-state index contributed by atoms with van der Waals surface area (Å²) >= 11 is 0. The van der Waals surface area contributed by atoms with Gasteiger partial charge in [0.2, 0.25) is 0 Å². The molecule has 2 aromatic heterocycles. The van der Waals surface area contributed by atoms with Gasteiger partial charge in [-0.2, -0.15) is 0 Å². The van der Waals surface area contributed by atoms with Crippen molar-refractivity contribution in [1.82, 2.24) is 9.97 Å². The van der Waals surface area contributed by atoms with Crippen LogP contribution in [0.1, 0.15) is 41.4 Å². The SMILES string of the molecule is COC(=O)c1ccccc1N(c1cnc2cc(N(c3ccccc3C(=O)OC)c3ccccc3C(=O)OC)cnc2c1)c1ccccc1C(=O)OC. The second kappa shape index (κ2) is 15.2. The third-order valence-corrected chi connectivity index (χ3v) is 8.22. The number of ether oxygens (including phenoxy) is 4. The molecule has 2 heterocycles. The number of methoxy groups -OCH3 is 4. The molecule has 0 bridgehead atoms. The number of hydrogen-bond donors (Lipinski definition) is 0. The smallest absolute Gasteiger partial charge is 0.339 e. The predicted molar refractivity (Wildman–Crippen MR) is 194 cm³/mol. The molecular weight excluding hydrogens is 664 g/mol. The van der Waals surface area contributed by atoms with E-state index in [2.05, 4.69) is 0 Å². The molecule has 0 atom stereocenters. The number of carbonyl (C=O) groups excluding carboxylic acids is 4. The van der Waals surface area contributed by atoms with E-state index in [9.17, 15) is 19.2 Å². The van der Waals surface area contributed by atoms with Crippen molar-refractivity contribution in [2.75, 3.05) is 38.2 Å². The molecular formula is C40H32N4O8. The first-order valence-corrected chi connectivity index (χ1v) is 15.9. The van der Waals surface area contributed by atoms with Crippen molar-refractivity contribution in [2.24, 2.45) is 0 Å². The Balaban J connectivity index is 1.56. The maximum absolute atomic E-state index is 13.0. The highest BCUT2D eigenvalue weighted by atomic mass is 16.5. The molecule has 6 rings (SSSR count). The van der Waals surface area contributed by atoms with E-state index in [1.54, 1.807) is 131 Å². The zero-order valence-corrected chi connectivity index (χ0v) is 28.6. The third kappa shape index (κ3) is 6.60. The second-order valence-corrected chi connectivity index (χ2v) is 11.1. The lowest BCUT2D eigenvalue weighted by atomic mass is 10.1. The number of carbonyl (C=O) groups is 4. The number of hydrogen-bond acceptors (Lipinski definition) is 12. The zero-order valence-electron chi connectivity index (χ0n) is 28.6. The fraction of sp³-hybridized carbons (Fsp3) is 0.100. The molecule has 52 heavy (non-hydrogen) atoms. The van der Waals surface area contributed by atoms with Crippen molar-refractivity contribution in [2.45, 2.75) is 0 Å². The van der Waals surface area contributed by atoms with Crippen LogP contribution in [-0.4, -0.2) is 62.3 Å². The minimum Gasteiger partial charge on any atom is -0.465 e. The zero-order chi connectivity index (χ0) is 36.8. The van der Waals surface area contributed by atoms with Gasteiger partial charge in [-0.05, 0) is 60.7 Å². The van der Waals surface area contributed by atoms with Crippen LogP contribution >= 0.6 is 0 Å². The van der Waals surface area contributed by atoms with Crippen molar-refractivity contribution < 1.29 is 38.1 Å². The predicted octanol–water partition coefficient (Wildman–Crippen LogP) is 7.72. The van der Waals surface area contributed by atoms with Crippen LogP contribution in [0.2, 0.25) is 0 Å². The Labute approximate surface area is 298 Å². The van der Waals surface area contributed by atoms with Gasteiger partial charge >= 0.3 is 23.9 Å². The molecule has 260 valence electrons. The van der Waals surface area contributed by atoms with E-state index >= 15 is 0 Å². The minimum atomic E-state index is -0.577. The quantitative estimate of drug-likeness (QED) is 0.102. The molecule has 0 aliphatic rings. The van der Waals surface area contributed by atoms with Gasteiger partial charge in [0.15, 0.2) is 0 Å². The van der Waals surface area contributed by atoms with Crippen molar-refractivity contribution in [1.29, 1.82) is 0 Å². The summed E-state index contributed by atoms with van der Waals surface area (Å²) in [6.07, 6.45) is 3.18. The highest BCUT2D eigenvalue weighted by Gasteiger charge is 2.27. The monoisotopic (exact) mass is 696 g/mol. The van der Waals surface area contributed by atoms with Gasteiger partial charge in [-0.15, -0.1) is 0 Å². The first kappa shape index (κ1) is 34.8. The van der Waals surface area contributed by atoms with E-state index in [0.29, 0.717) is 45.2 Å². The number of fused-ring (bicyclic) bond motifs is 1. The van der Waals surface area contributed by atoms with Crippen LogP contribution in [0.15, 0.2) is 122 Å². The Hall–Kier alpha value is -7.08. The number of benzene rings is 4. The molecule has 0 aliphatic carbocycles. The summed E-state index contributed by atoms with van der Waals surface area (Å²) in [5.41, 5.74) is 4.56. The molecule has 4 aromatic carbocycles. The van der Waals surface area contributed by atoms with Gasteiger partial charge in [0, 0.05) is 0 Å². The Kier molecular flexibility index (Phi) is 10.2. The third-order valence-electron chi connectivity index (χ3n) is 8.22. The van der Waals surface area contributed by atoms with Gasteiger partial charge in [-0.1, -0.05) is 48.5 Å². The van der Waals surface area contributed by atoms with E-state index in [-0.39, 0.29) is 22.3 Å². The van der Waals surface area contributed by atoms with Crippen LogP contribution in [0.5, 0.6) is 0 Å². The molecule has 12 heteroatoms. The average molecular weight is 697 g/mol. The van der Waals surface area contributed by atoms with Crippen LogP contribution < -0.4 is 9.80 Å². The standard InChI is InChI=1S/C40H32N4O8/c1-49-37(45)27-13-5-9-17-33(27)43(34-18-10-6-14-28(34)38(46)50-2)25-21-31-32(41-23-25)22-26(24-42-31)44(35-19-11-7-15-29(35)39(47)51-3)36-20-12-8-16-30(36)40(48)52-4/h5-24H,1-4H3. The number of esters is 4. The van der Waals surface area contributed by atoms with Gasteiger partial charge in [0.05, 0.1) is 108 Å². The second-order valence-electron chi connectivity index (χ2n) is 11.1. The normalized spacial score (nSPS) is 10.6. The molecule has 0 saturated carbocycles. The number of rotatable bonds is 10. The first-order valence-electron chi connectivity index (χ1n) is 15.9. The van der Waals surface area contributed by atoms with Crippen LogP contribution in [0.25, 0.3) is 11.0 Å². The van der Waals surface area contributed by atoms with Crippen LogP contribution in [0.4, 0.5) is 34.1 Å². The van der Waals surface area contributed by atoms with E-state index in [4.69, 9.17) is 28.9 Å². The molecule has 12 nitrogen and oxygen atoms in total. The van der Waals surface area contributed by atoms with E-state index < -0.39 is 23.9 Å². The van der Waals surface area contributed by atoms with E-state index in [1.165, 1.54) is 28.4 Å². The fourth-order valence-electron chi connectivity index (χ4n) is 5.85. The number of para-hydroxylation sites is 4. The first-order chi connectivity index (χ1) is 25.3. The number of nitrogens with zero attached hydrogens (tertiary/aromatic N) is 4. The fourth-order valence-corrected chi connectivity index (χ4v) is 5.85. The molecule has 0 spiro atoms. The van der Waals surface area contributed by atoms with Gasteiger partial charge in [-0.25, -0.2) is 19.2 Å². The summed E-state index contributed by atoms with van der Waals surface area (Å²) in [6.45, 7) is 0. The molecule has 0 unspecified atom stereocenters.